The number of aliphatic hydroxyl groups excluding tert-OH is 2. The molecule has 0 atom stereocenters. The average molecular weight is 569 g/mol. The molecule has 0 bridgehead atoms. The van der Waals surface area contributed by atoms with Gasteiger partial charge in [-0.2, -0.15) is 0 Å². The molecule has 0 saturated carbocycles. The minimum atomic E-state index is -0.132. The highest BCUT2D eigenvalue weighted by Gasteiger charge is 2.47. The number of unbranched alkanes of at least 4 members (excludes halogenated alkanes) is 5. The molecule has 2 N–H and O–H groups in total. The Labute approximate surface area is 244 Å². The summed E-state index contributed by atoms with van der Waals surface area (Å²) in [6.07, 6.45) is 9.59. The Balaban J connectivity index is 1.58. The van der Waals surface area contributed by atoms with Gasteiger partial charge in [0.2, 0.25) is 0 Å². The predicted molar refractivity (Wildman–Crippen MR) is 159 cm³/mol. The van der Waals surface area contributed by atoms with Crippen LogP contribution in [0.25, 0.3) is 0 Å². The first kappa shape index (κ1) is 35.0. The summed E-state index contributed by atoms with van der Waals surface area (Å²) in [5.74, 6) is -0.216. The number of likely N-dealkylation sites (tertiary alicyclic amines) is 2. The number of hydrogen-bond acceptors (Lipinski definition) is 8. The Bertz CT molecular complexity index is 707. The van der Waals surface area contributed by atoms with E-state index in [1.54, 1.807) is 0 Å². The van der Waals surface area contributed by atoms with Crippen LogP contribution < -0.4 is 0 Å². The Morgan fingerprint density at radius 2 is 0.850 bits per heavy atom. The van der Waals surface area contributed by atoms with Crippen LogP contribution in [-0.4, -0.2) is 92.6 Å². The number of rotatable bonds is 15. The second-order valence-electron chi connectivity index (χ2n) is 14.7. The monoisotopic (exact) mass is 568 g/mol. The molecule has 2 aliphatic heterocycles. The molecule has 2 fully saturated rings. The van der Waals surface area contributed by atoms with Crippen molar-refractivity contribution in [3.8, 4) is 0 Å². The van der Waals surface area contributed by atoms with Crippen molar-refractivity contribution in [2.24, 2.45) is 0 Å². The lowest BCUT2D eigenvalue weighted by molar-refractivity contribution is -0.162. The van der Waals surface area contributed by atoms with E-state index in [4.69, 9.17) is 9.47 Å². The van der Waals surface area contributed by atoms with Crippen LogP contribution in [-0.2, 0) is 19.1 Å². The van der Waals surface area contributed by atoms with Crippen molar-refractivity contribution in [3.63, 3.8) is 0 Å². The van der Waals surface area contributed by atoms with Gasteiger partial charge in [-0.15, -0.1) is 0 Å². The lowest BCUT2D eigenvalue weighted by Crippen LogP contribution is -2.62. The van der Waals surface area contributed by atoms with E-state index in [0.29, 0.717) is 25.9 Å². The van der Waals surface area contributed by atoms with Crippen LogP contribution in [0.5, 0.6) is 0 Å². The third-order valence-corrected chi connectivity index (χ3v) is 9.09. The van der Waals surface area contributed by atoms with E-state index in [9.17, 15) is 19.8 Å². The molecule has 2 aliphatic rings. The van der Waals surface area contributed by atoms with Gasteiger partial charge in [-0.1, -0.05) is 25.7 Å². The molecule has 2 heterocycles. The maximum atomic E-state index is 12.5. The van der Waals surface area contributed by atoms with Crippen LogP contribution in [0.3, 0.4) is 0 Å². The van der Waals surface area contributed by atoms with Gasteiger partial charge >= 0.3 is 11.9 Å². The van der Waals surface area contributed by atoms with Crippen LogP contribution >= 0.6 is 0 Å². The van der Waals surface area contributed by atoms with Crippen molar-refractivity contribution in [1.82, 2.24) is 9.80 Å². The quantitative estimate of drug-likeness (QED) is 0.205. The summed E-state index contributed by atoms with van der Waals surface area (Å²) in [5, 5.41) is 18.9. The van der Waals surface area contributed by atoms with E-state index < -0.39 is 0 Å². The zero-order valence-corrected chi connectivity index (χ0v) is 26.9. The van der Waals surface area contributed by atoms with Gasteiger partial charge in [0.1, 0.15) is 12.2 Å². The molecule has 0 unspecified atom stereocenters. The van der Waals surface area contributed by atoms with Gasteiger partial charge in [0.05, 0.1) is 13.2 Å². The lowest BCUT2D eigenvalue weighted by Gasteiger charge is -2.54. The van der Waals surface area contributed by atoms with Crippen LogP contribution in [0, 0.1) is 0 Å². The van der Waals surface area contributed by atoms with Gasteiger partial charge in [-0.3, -0.25) is 19.4 Å². The summed E-state index contributed by atoms with van der Waals surface area (Å²) in [7, 11) is 0. The minimum Gasteiger partial charge on any atom is -0.462 e. The van der Waals surface area contributed by atoms with Gasteiger partial charge in [0.25, 0.3) is 0 Å². The predicted octanol–water partition coefficient (Wildman–Crippen LogP) is 5.22. The molecule has 0 amide bonds. The maximum absolute atomic E-state index is 12.5. The summed E-state index contributed by atoms with van der Waals surface area (Å²) in [6, 6.07) is 0. The van der Waals surface area contributed by atoms with E-state index in [-0.39, 0.29) is 59.5 Å². The number of carbonyl (C=O) groups is 2. The first-order valence-corrected chi connectivity index (χ1v) is 15.7. The highest BCUT2D eigenvalue weighted by molar-refractivity contribution is 5.69. The molecule has 40 heavy (non-hydrogen) atoms. The molecule has 0 aromatic carbocycles. The Morgan fingerprint density at radius 1 is 0.575 bits per heavy atom. The number of carbonyl (C=O) groups excluding carboxylic acids is 2. The van der Waals surface area contributed by atoms with Crippen molar-refractivity contribution < 1.29 is 29.3 Å². The highest BCUT2D eigenvalue weighted by atomic mass is 16.5. The maximum Gasteiger partial charge on any atom is 0.306 e. The fourth-order valence-electron chi connectivity index (χ4n) is 7.77. The molecular formula is C32H60N2O6. The molecule has 8 nitrogen and oxygen atoms in total. The molecule has 0 aliphatic carbocycles. The van der Waals surface area contributed by atoms with Gasteiger partial charge in [-0.05, 0) is 68.2 Å². The summed E-state index contributed by atoms with van der Waals surface area (Å²) in [5.41, 5.74) is -0.528. The standard InChI is InChI=1S/C32H60N2O6/c1-29(2)21-25(22-30(3,4)33(29)17-19-35)39-27(37)15-13-11-9-10-12-14-16-28(38)40-26-23-31(5,6)34(18-20-36)32(7,8)24-26/h25-26,35-36H,9-24H2,1-8H3. The summed E-state index contributed by atoms with van der Waals surface area (Å²) < 4.78 is 11.7. The van der Waals surface area contributed by atoms with E-state index in [1.807, 2.05) is 0 Å². The minimum absolute atomic E-state index is 0.0857. The Hall–Kier alpha value is -1.22. The van der Waals surface area contributed by atoms with Gasteiger partial charge < -0.3 is 19.7 Å². The number of hydrogen-bond donors (Lipinski definition) is 2. The number of piperidine rings is 2. The van der Waals surface area contributed by atoms with Crippen LogP contribution in [0.1, 0.15) is 132 Å². The Morgan fingerprint density at radius 3 is 1.12 bits per heavy atom. The van der Waals surface area contributed by atoms with Crippen molar-refractivity contribution in [1.29, 1.82) is 0 Å². The molecule has 0 aromatic rings. The smallest absolute Gasteiger partial charge is 0.306 e. The van der Waals surface area contributed by atoms with E-state index in [1.165, 1.54) is 0 Å². The number of esters is 2. The van der Waals surface area contributed by atoms with E-state index in [2.05, 4.69) is 65.2 Å². The Kier molecular flexibility index (Phi) is 12.9. The normalized spacial score (nSPS) is 23.1. The number of ether oxygens (including phenoxy) is 2. The second kappa shape index (κ2) is 14.8. The summed E-state index contributed by atoms with van der Waals surface area (Å²) in [4.78, 5) is 29.7. The fraction of sp³-hybridized carbons (Fsp3) is 0.938. The average Bonchev–Trinajstić information content (AvgIpc) is 2.79. The third kappa shape index (κ3) is 10.2. The van der Waals surface area contributed by atoms with Gasteiger partial charge in [0, 0.05) is 73.8 Å². The molecule has 0 spiro atoms. The second-order valence-corrected chi connectivity index (χ2v) is 14.7. The van der Waals surface area contributed by atoms with Crippen molar-refractivity contribution in [3.05, 3.63) is 0 Å². The topological polar surface area (TPSA) is 99.5 Å². The van der Waals surface area contributed by atoms with E-state index in [0.717, 1.165) is 64.2 Å². The molecular weight excluding hydrogens is 508 g/mol. The van der Waals surface area contributed by atoms with Gasteiger partial charge in [-0.25, -0.2) is 0 Å². The first-order chi connectivity index (χ1) is 18.5. The molecule has 0 radical (unpaired) electrons. The van der Waals surface area contributed by atoms with E-state index >= 15 is 0 Å². The fourth-order valence-corrected chi connectivity index (χ4v) is 7.77. The zero-order valence-electron chi connectivity index (χ0n) is 26.9. The zero-order chi connectivity index (χ0) is 30.2. The SMILES string of the molecule is CC1(C)CC(OC(=O)CCCCCCCCC(=O)OC2CC(C)(C)N(CCO)C(C)(C)C2)CC(C)(C)N1CCO. The molecule has 2 saturated heterocycles. The largest absolute Gasteiger partial charge is 0.462 e. The molecule has 0 aromatic heterocycles. The van der Waals surface area contributed by atoms with Crippen LogP contribution in [0.15, 0.2) is 0 Å². The lowest BCUT2D eigenvalue weighted by atomic mass is 9.78. The van der Waals surface area contributed by atoms with Crippen molar-refractivity contribution >= 4 is 11.9 Å². The van der Waals surface area contributed by atoms with Crippen LogP contribution in [0.4, 0.5) is 0 Å². The molecule has 8 heteroatoms. The van der Waals surface area contributed by atoms with Gasteiger partial charge in [0.15, 0.2) is 0 Å². The van der Waals surface area contributed by atoms with Crippen molar-refractivity contribution in [2.75, 3.05) is 26.3 Å². The molecule has 234 valence electrons. The number of β-amino-alcohol motifs (C(OH)–C–C–N with tert-alkyl or cyclic N) is 2. The highest BCUT2D eigenvalue weighted by Crippen LogP contribution is 2.40. The first-order valence-electron chi connectivity index (χ1n) is 15.7. The number of aliphatic hydroxyl groups is 2. The third-order valence-electron chi connectivity index (χ3n) is 9.09. The summed E-state index contributed by atoms with van der Waals surface area (Å²) >= 11 is 0. The number of nitrogens with zero attached hydrogens (tertiary/aromatic N) is 2. The summed E-state index contributed by atoms with van der Waals surface area (Å²) in [6.45, 7) is 18.8. The molecule has 2 rings (SSSR count). The van der Waals surface area contributed by atoms with Crippen molar-refractivity contribution in [2.45, 2.75) is 167 Å². The van der Waals surface area contributed by atoms with Crippen LogP contribution in [0.2, 0.25) is 0 Å².